The van der Waals surface area contributed by atoms with Gasteiger partial charge in [0.25, 0.3) is 0 Å². The highest BCUT2D eigenvalue weighted by atomic mass is 19.1. The van der Waals surface area contributed by atoms with Gasteiger partial charge in [-0.05, 0) is 62.0 Å². The largest absolute Gasteiger partial charge is 0.387 e. The van der Waals surface area contributed by atoms with Crippen LogP contribution in [0.4, 0.5) is 33.3 Å². The summed E-state index contributed by atoms with van der Waals surface area (Å²) in [5, 5.41) is 15.9. The molecule has 2 aromatic heterocycles. The molecule has 0 radical (unpaired) electrons. The number of hydrogen-bond donors (Lipinski definition) is 3. The molecule has 2 aliphatic heterocycles. The Morgan fingerprint density at radius 2 is 1.68 bits per heavy atom. The molecule has 12 heteroatoms. The van der Waals surface area contributed by atoms with Crippen LogP contribution in [0.1, 0.15) is 12.5 Å². The Balaban J connectivity index is 1.28. The number of imidazole rings is 1. The summed E-state index contributed by atoms with van der Waals surface area (Å²) in [6.45, 7) is 4.52. The van der Waals surface area contributed by atoms with Crippen molar-refractivity contribution in [3.05, 3.63) is 60.5 Å². The van der Waals surface area contributed by atoms with Crippen LogP contribution in [-0.4, -0.2) is 93.3 Å². The van der Waals surface area contributed by atoms with Gasteiger partial charge in [0.1, 0.15) is 17.9 Å². The van der Waals surface area contributed by atoms with Gasteiger partial charge in [0, 0.05) is 56.3 Å². The normalized spacial score (nSPS) is 17.9. The van der Waals surface area contributed by atoms with Crippen molar-refractivity contribution in [2.45, 2.75) is 12.5 Å². The number of likely N-dealkylation sites (tertiary alicyclic amines) is 1. The summed E-state index contributed by atoms with van der Waals surface area (Å²) in [6, 6.07) is 14.2. The van der Waals surface area contributed by atoms with Crippen LogP contribution in [0.2, 0.25) is 0 Å². The predicted octanol–water partition coefficient (Wildman–Crippen LogP) is 2.97. The molecule has 4 heterocycles. The molecule has 208 valence electrons. The van der Waals surface area contributed by atoms with Gasteiger partial charge in [-0.1, -0.05) is 0 Å². The third-order valence-corrected chi connectivity index (χ3v) is 7.54. The Labute approximate surface area is 231 Å². The van der Waals surface area contributed by atoms with E-state index in [0.29, 0.717) is 48.3 Å². The van der Waals surface area contributed by atoms with Crippen LogP contribution in [-0.2, 0) is 4.79 Å². The third-order valence-electron chi connectivity index (χ3n) is 7.54. The zero-order valence-electron chi connectivity index (χ0n) is 22.3. The number of nitrogens with one attached hydrogen (secondary N) is 2. The van der Waals surface area contributed by atoms with Crippen molar-refractivity contribution >= 4 is 46.0 Å². The number of halogens is 1. The van der Waals surface area contributed by atoms with E-state index in [-0.39, 0.29) is 17.8 Å². The molecule has 0 unspecified atom stereocenters. The summed E-state index contributed by atoms with van der Waals surface area (Å²) in [5.74, 6) is 0.312. The molecule has 2 aliphatic rings. The second kappa shape index (κ2) is 11.1. The number of rotatable bonds is 7. The molecule has 0 spiro atoms. The van der Waals surface area contributed by atoms with Gasteiger partial charge in [0.2, 0.25) is 17.8 Å². The van der Waals surface area contributed by atoms with Crippen molar-refractivity contribution in [1.82, 2.24) is 29.3 Å². The molecular formula is C28H32FN9O2. The molecule has 2 fully saturated rings. The van der Waals surface area contributed by atoms with E-state index in [1.165, 1.54) is 17.8 Å². The van der Waals surface area contributed by atoms with Crippen molar-refractivity contribution in [2.24, 2.45) is 0 Å². The van der Waals surface area contributed by atoms with E-state index in [1.54, 1.807) is 23.2 Å². The van der Waals surface area contributed by atoms with E-state index in [0.717, 1.165) is 31.9 Å². The maximum absolute atomic E-state index is 13.5. The van der Waals surface area contributed by atoms with Crippen LogP contribution in [0.25, 0.3) is 11.2 Å². The molecule has 4 aromatic rings. The maximum atomic E-state index is 13.5. The van der Waals surface area contributed by atoms with E-state index in [1.807, 2.05) is 16.7 Å². The number of piperazine rings is 1. The number of amides is 1. The minimum Gasteiger partial charge on any atom is -0.387 e. The first-order chi connectivity index (χ1) is 19.5. The Morgan fingerprint density at radius 3 is 2.40 bits per heavy atom. The number of aromatic nitrogens is 4. The zero-order valence-corrected chi connectivity index (χ0v) is 22.3. The van der Waals surface area contributed by atoms with Crippen molar-refractivity contribution in [1.29, 1.82) is 0 Å². The molecule has 3 N–H and O–H groups in total. The SMILES string of the molecule is CN1CCN(c2ccc(Nc3ncc4nc(Nc5ccc(F)cc5)n([C@@H]5CCN(C(=O)CO)C5)c4n3)cc2)CC1. The van der Waals surface area contributed by atoms with Crippen LogP contribution in [0.5, 0.6) is 0 Å². The molecule has 40 heavy (non-hydrogen) atoms. The smallest absolute Gasteiger partial charge is 0.248 e. The first-order valence-electron chi connectivity index (χ1n) is 13.4. The van der Waals surface area contributed by atoms with Gasteiger partial charge in [-0.15, -0.1) is 0 Å². The number of nitrogens with zero attached hydrogens (tertiary/aromatic N) is 7. The fraction of sp³-hybridized carbons (Fsp3) is 0.357. The predicted molar refractivity (Wildman–Crippen MR) is 152 cm³/mol. The monoisotopic (exact) mass is 545 g/mol. The number of likely N-dealkylation sites (N-methyl/N-ethyl adjacent to an activating group) is 1. The van der Waals surface area contributed by atoms with Crippen LogP contribution >= 0.6 is 0 Å². The zero-order chi connectivity index (χ0) is 27.6. The number of anilines is 5. The highest BCUT2D eigenvalue weighted by Crippen LogP contribution is 2.32. The summed E-state index contributed by atoms with van der Waals surface area (Å²) in [4.78, 5) is 32.5. The third kappa shape index (κ3) is 5.40. The van der Waals surface area contributed by atoms with Gasteiger partial charge < -0.3 is 30.4 Å². The molecule has 1 atom stereocenters. The molecule has 2 aromatic carbocycles. The van der Waals surface area contributed by atoms with E-state index in [4.69, 9.17) is 9.97 Å². The van der Waals surface area contributed by atoms with Crippen LogP contribution in [0.15, 0.2) is 54.7 Å². The Kier molecular flexibility index (Phi) is 7.18. The Bertz CT molecular complexity index is 1480. The maximum Gasteiger partial charge on any atom is 0.248 e. The van der Waals surface area contributed by atoms with E-state index in [9.17, 15) is 14.3 Å². The van der Waals surface area contributed by atoms with Gasteiger partial charge in [0.05, 0.1) is 12.2 Å². The van der Waals surface area contributed by atoms with Gasteiger partial charge in [-0.2, -0.15) is 4.98 Å². The molecule has 2 saturated heterocycles. The first kappa shape index (κ1) is 26.0. The topological polar surface area (TPSA) is 115 Å². The van der Waals surface area contributed by atoms with Crippen LogP contribution in [0.3, 0.4) is 0 Å². The van der Waals surface area contributed by atoms with Crippen molar-refractivity contribution in [3.8, 4) is 0 Å². The minimum absolute atomic E-state index is 0.117. The standard InChI is InChI=1S/C28H32FN9O2/c1-35-12-14-36(15-13-35)22-8-6-20(7-9-22)31-27-30-16-24-26(34-27)38(23-10-11-37(17-23)25(40)18-39)28(33-24)32-21-4-2-19(29)3-5-21/h2-9,16,23,39H,10-15,17-18H2,1H3,(H,32,33)(H,30,31,34)/t23-/m1/s1. The first-order valence-corrected chi connectivity index (χ1v) is 13.4. The van der Waals surface area contributed by atoms with E-state index >= 15 is 0 Å². The number of hydrogen-bond acceptors (Lipinski definition) is 9. The lowest BCUT2D eigenvalue weighted by Gasteiger charge is -2.34. The molecule has 1 amide bonds. The lowest BCUT2D eigenvalue weighted by Crippen LogP contribution is -2.44. The summed E-state index contributed by atoms with van der Waals surface area (Å²) < 4.78 is 15.5. The lowest BCUT2D eigenvalue weighted by molar-refractivity contribution is -0.133. The molecule has 11 nitrogen and oxygen atoms in total. The number of aliphatic hydroxyl groups is 1. The number of aliphatic hydroxyl groups excluding tert-OH is 1. The molecule has 0 aliphatic carbocycles. The summed E-state index contributed by atoms with van der Waals surface area (Å²) in [7, 11) is 2.15. The van der Waals surface area contributed by atoms with Gasteiger partial charge in [0.15, 0.2) is 5.65 Å². The molecular weight excluding hydrogens is 513 g/mol. The highest BCUT2D eigenvalue weighted by Gasteiger charge is 2.30. The quantitative estimate of drug-likeness (QED) is 0.322. The molecule has 0 bridgehead atoms. The fourth-order valence-electron chi connectivity index (χ4n) is 5.28. The highest BCUT2D eigenvalue weighted by molar-refractivity contribution is 5.79. The van der Waals surface area contributed by atoms with Gasteiger partial charge in [-0.25, -0.2) is 14.4 Å². The summed E-state index contributed by atoms with van der Waals surface area (Å²) in [5.41, 5.74) is 3.93. The molecule has 0 saturated carbocycles. The van der Waals surface area contributed by atoms with Gasteiger partial charge in [-0.3, -0.25) is 9.36 Å². The number of benzene rings is 2. The Hall–Kier alpha value is -4.29. The van der Waals surface area contributed by atoms with E-state index in [2.05, 4.69) is 44.6 Å². The van der Waals surface area contributed by atoms with Crippen LogP contribution < -0.4 is 15.5 Å². The van der Waals surface area contributed by atoms with Crippen molar-refractivity contribution < 1.29 is 14.3 Å². The molecule has 6 rings (SSSR count). The Morgan fingerprint density at radius 1 is 0.975 bits per heavy atom. The van der Waals surface area contributed by atoms with Crippen molar-refractivity contribution in [2.75, 3.05) is 68.5 Å². The fourth-order valence-corrected chi connectivity index (χ4v) is 5.28. The average Bonchev–Trinajstić information content (AvgIpc) is 3.59. The summed E-state index contributed by atoms with van der Waals surface area (Å²) in [6.07, 6.45) is 2.34. The van der Waals surface area contributed by atoms with E-state index < -0.39 is 6.61 Å². The van der Waals surface area contributed by atoms with Gasteiger partial charge >= 0.3 is 0 Å². The second-order valence-corrected chi connectivity index (χ2v) is 10.2. The lowest BCUT2D eigenvalue weighted by atomic mass is 10.2. The second-order valence-electron chi connectivity index (χ2n) is 10.2. The number of carbonyl (C=O) groups is 1. The number of fused-ring (bicyclic) bond motifs is 1. The average molecular weight is 546 g/mol. The minimum atomic E-state index is -0.526. The number of carbonyl (C=O) groups excluding carboxylic acids is 1. The van der Waals surface area contributed by atoms with Crippen LogP contribution in [0, 0.1) is 5.82 Å². The van der Waals surface area contributed by atoms with Crippen molar-refractivity contribution in [3.63, 3.8) is 0 Å². The summed E-state index contributed by atoms with van der Waals surface area (Å²) >= 11 is 0.